The number of morpholine rings is 1. The van der Waals surface area contributed by atoms with Gasteiger partial charge in [0, 0.05) is 31.9 Å². The Labute approximate surface area is 118 Å². The van der Waals surface area contributed by atoms with Crippen LogP contribution >= 0.6 is 0 Å². The first-order valence-corrected chi connectivity index (χ1v) is 6.85. The van der Waals surface area contributed by atoms with Crippen LogP contribution in [0, 0.1) is 0 Å². The van der Waals surface area contributed by atoms with Gasteiger partial charge in [0.25, 0.3) is 0 Å². The third-order valence-electron chi connectivity index (χ3n) is 3.47. The van der Waals surface area contributed by atoms with Gasteiger partial charge >= 0.3 is 5.97 Å². The van der Waals surface area contributed by atoms with Crippen molar-refractivity contribution in [1.29, 1.82) is 0 Å². The molecule has 1 aliphatic rings. The van der Waals surface area contributed by atoms with E-state index < -0.39 is 5.97 Å². The maximum Gasteiger partial charge on any atom is 0.339 e. The van der Waals surface area contributed by atoms with Crippen molar-refractivity contribution in [2.75, 3.05) is 31.6 Å². The average Bonchev–Trinajstić information content (AvgIpc) is 2.43. The molecule has 20 heavy (non-hydrogen) atoms. The standard InChI is InChI=1S/C14H21N3O3/c1-10-9-20-11(2)8-17(10)7-6-16-13-12(14(18)19)4-3-5-15-13/h3-5,10-11H,6-9H2,1-2H3,(H,15,16)(H,18,19). The van der Waals surface area contributed by atoms with Crippen molar-refractivity contribution < 1.29 is 14.6 Å². The zero-order valence-electron chi connectivity index (χ0n) is 11.9. The number of carboxylic acid groups (broad SMARTS) is 1. The summed E-state index contributed by atoms with van der Waals surface area (Å²) in [4.78, 5) is 17.5. The summed E-state index contributed by atoms with van der Waals surface area (Å²) >= 11 is 0. The predicted octanol–water partition coefficient (Wildman–Crippen LogP) is 1.30. The molecule has 1 aliphatic heterocycles. The molecule has 0 saturated carbocycles. The summed E-state index contributed by atoms with van der Waals surface area (Å²) in [5.41, 5.74) is 0.205. The van der Waals surface area contributed by atoms with Gasteiger partial charge in [-0.05, 0) is 26.0 Å². The van der Waals surface area contributed by atoms with Crippen molar-refractivity contribution in [3.63, 3.8) is 0 Å². The van der Waals surface area contributed by atoms with Gasteiger partial charge in [-0.3, -0.25) is 4.90 Å². The van der Waals surface area contributed by atoms with Crippen LogP contribution in [0.4, 0.5) is 5.82 Å². The van der Waals surface area contributed by atoms with Crippen LogP contribution in [0.2, 0.25) is 0 Å². The quantitative estimate of drug-likeness (QED) is 0.846. The third kappa shape index (κ3) is 3.68. The zero-order chi connectivity index (χ0) is 14.5. The number of rotatable bonds is 5. The lowest BCUT2D eigenvalue weighted by molar-refractivity contribution is -0.0476. The van der Waals surface area contributed by atoms with E-state index in [9.17, 15) is 4.79 Å². The fourth-order valence-electron chi connectivity index (χ4n) is 2.32. The van der Waals surface area contributed by atoms with E-state index >= 15 is 0 Å². The molecule has 0 bridgehead atoms. The van der Waals surface area contributed by atoms with E-state index in [2.05, 4.69) is 29.0 Å². The number of carbonyl (C=O) groups is 1. The summed E-state index contributed by atoms with van der Waals surface area (Å²) in [6.07, 6.45) is 1.84. The number of hydrogen-bond acceptors (Lipinski definition) is 5. The number of anilines is 1. The number of aromatic carboxylic acids is 1. The van der Waals surface area contributed by atoms with Gasteiger partial charge in [-0.15, -0.1) is 0 Å². The van der Waals surface area contributed by atoms with Crippen LogP contribution < -0.4 is 5.32 Å². The molecule has 6 heteroatoms. The maximum atomic E-state index is 11.1. The Bertz CT molecular complexity index is 467. The summed E-state index contributed by atoms with van der Waals surface area (Å²) in [5.74, 6) is -0.539. The minimum Gasteiger partial charge on any atom is -0.478 e. The highest BCUT2D eigenvalue weighted by atomic mass is 16.5. The molecule has 0 amide bonds. The molecule has 110 valence electrons. The summed E-state index contributed by atoms with van der Waals surface area (Å²) in [7, 11) is 0. The van der Waals surface area contributed by atoms with Gasteiger partial charge in [0.1, 0.15) is 11.4 Å². The van der Waals surface area contributed by atoms with E-state index in [1.165, 1.54) is 0 Å². The summed E-state index contributed by atoms with van der Waals surface area (Å²) in [5, 5.41) is 12.2. The molecule has 1 saturated heterocycles. The highest BCUT2D eigenvalue weighted by Crippen LogP contribution is 2.13. The molecule has 0 aliphatic carbocycles. The van der Waals surface area contributed by atoms with Crippen LogP contribution in [0.3, 0.4) is 0 Å². The number of nitrogens with one attached hydrogen (secondary N) is 1. The zero-order valence-corrected chi connectivity index (χ0v) is 11.9. The Morgan fingerprint density at radius 2 is 2.40 bits per heavy atom. The van der Waals surface area contributed by atoms with E-state index in [1.54, 1.807) is 18.3 Å². The van der Waals surface area contributed by atoms with Crippen molar-refractivity contribution in [2.45, 2.75) is 26.0 Å². The maximum absolute atomic E-state index is 11.1. The van der Waals surface area contributed by atoms with Crippen LogP contribution in [-0.4, -0.2) is 59.3 Å². The molecule has 2 atom stereocenters. The first-order chi connectivity index (χ1) is 9.58. The number of aromatic nitrogens is 1. The van der Waals surface area contributed by atoms with Crippen LogP contribution in [0.15, 0.2) is 18.3 Å². The highest BCUT2D eigenvalue weighted by molar-refractivity contribution is 5.92. The van der Waals surface area contributed by atoms with Gasteiger partial charge in [-0.25, -0.2) is 9.78 Å². The molecule has 1 aromatic heterocycles. The number of ether oxygens (including phenoxy) is 1. The van der Waals surface area contributed by atoms with E-state index in [-0.39, 0.29) is 11.7 Å². The molecule has 2 unspecified atom stereocenters. The first-order valence-electron chi connectivity index (χ1n) is 6.85. The van der Waals surface area contributed by atoms with Crippen molar-refractivity contribution in [2.24, 2.45) is 0 Å². The van der Waals surface area contributed by atoms with Gasteiger partial charge in [0.15, 0.2) is 0 Å². The smallest absolute Gasteiger partial charge is 0.339 e. The van der Waals surface area contributed by atoms with Gasteiger partial charge < -0.3 is 15.2 Å². The number of nitrogens with zero attached hydrogens (tertiary/aromatic N) is 2. The molecule has 0 spiro atoms. The molecule has 1 fully saturated rings. The van der Waals surface area contributed by atoms with Crippen LogP contribution in [-0.2, 0) is 4.74 Å². The van der Waals surface area contributed by atoms with E-state index in [1.807, 2.05) is 0 Å². The van der Waals surface area contributed by atoms with Crippen molar-refractivity contribution in [3.05, 3.63) is 23.9 Å². The van der Waals surface area contributed by atoms with Crippen molar-refractivity contribution in [1.82, 2.24) is 9.88 Å². The molecule has 0 aromatic carbocycles. The third-order valence-corrected chi connectivity index (χ3v) is 3.47. The summed E-state index contributed by atoms with van der Waals surface area (Å²) in [6.45, 7) is 7.34. The van der Waals surface area contributed by atoms with Crippen LogP contribution in [0.1, 0.15) is 24.2 Å². The second kappa shape index (κ2) is 6.67. The predicted molar refractivity (Wildman–Crippen MR) is 76.1 cm³/mol. The van der Waals surface area contributed by atoms with Gasteiger partial charge in [0.2, 0.25) is 0 Å². The average molecular weight is 279 g/mol. The second-order valence-electron chi connectivity index (χ2n) is 5.12. The monoisotopic (exact) mass is 279 g/mol. The minimum absolute atomic E-state index is 0.205. The molecule has 1 aromatic rings. The SMILES string of the molecule is CC1CN(CCNc2ncccc2C(=O)O)C(C)CO1. The van der Waals surface area contributed by atoms with Gasteiger partial charge in [-0.1, -0.05) is 0 Å². The van der Waals surface area contributed by atoms with E-state index in [0.29, 0.717) is 18.4 Å². The summed E-state index contributed by atoms with van der Waals surface area (Å²) < 4.78 is 5.58. The Kier molecular flexibility index (Phi) is 4.92. The van der Waals surface area contributed by atoms with Gasteiger partial charge in [0.05, 0.1) is 12.7 Å². The fraction of sp³-hybridized carbons (Fsp3) is 0.571. The molecule has 2 rings (SSSR count). The lowest BCUT2D eigenvalue weighted by atomic mass is 10.2. The lowest BCUT2D eigenvalue weighted by Crippen LogP contribution is -2.48. The van der Waals surface area contributed by atoms with E-state index in [4.69, 9.17) is 9.84 Å². The Morgan fingerprint density at radius 1 is 1.60 bits per heavy atom. The summed E-state index contributed by atoms with van der Waals surface area (Å²) in [6, 6.07) is 3.56. The van der Waals surface area contributed by atoms with Crippen LogP contribution in [0.25, 0.3) is 0 Å². The van der Waals surface area contributed by atoms with Crippen LogP contribution in [0.5, 0.6) is 0 Å². The first kappa shape index (κ1) is 14.7. The Morgan fingerprint density at radius 3 is 3.15 bits per heavy atom. The molecular weight excluding hydrogens is 258 g/mol. The molecule has 2 N–H and O–H groups in total. The fourth-order valence-corrected chi connectivity index (χ4v) is 2.32. The highest BCUT2D eigenvalue weighted by Gasteiger charge is 2.22. The van der Waals surface area contributed by atoms with Gasteiger partial charge in [-0.2, -0.15) is 0 Å². The molecule has 0 radical (unpaired) electrons. The molecule has 6 nitrogen and oxygen atoms in total. The Balaban J connectivity index is 1.88. The number of carboxylic acids is 1. The lowest BCUT2D eigenvalue weighted by Gasteiger charge is -2.36. The largest absolute Gasteiger partial charge is 0.478 e. The van der Waals surface area contributed by atoms with E-state index in [0.717, 1.165) is 19.7 Å². The number of hydrogen-bond donors (Lipinski definition) is 2. The van der Waals surface area contributed by atoms with Crippen molar-refractivity contribution in [3.8, 4) is 0 Å². The molecule has 2 heterocycles. The minimum atomic E-state index is -0.964. The molecular formula is C14H21N3O3. The van der Waals surface area contributed by atoms with Crippen molar-refractivity contribution >= 4 is 11.8 Å². The Hall–Kier alpha value is -1.66. The number of pyridine rings is 1. The second-order valence-corrected chi connectivity index (χ2v) is 5.12. The normalized spacial score (nSPS) is 23.5. The topological polar surface area (TPSA) is 74.7 Å².